The molecule has 3 nitrogen and oxygen atoms in total. The first-order chi connectivity index (χ1) is 10.4. The van der Waals surface area contributed by atoms with Crippen molar-refractivity contribution in [1.82, 2.24) is 10.2 Å². The smallest absolute Gasteiger partial charge is 0.134 e. The summed E-state index contributed by atoms with van der Waals surface area (Å²) in [5, 5.41) is 4.75. The fourth-order valence-electron chi connectivity index (χ4n) is 3.55. The summed E-state index contributed by atoms with van der Waals surface area (Å²) < 4.78 is 5.70. The zero-order valence-corrected chi connectivity index (χ0v) is 12.6. The average molecular weight is 284 g/mol. The molecule has 1 aromatic carbocycles. The van der Waals surface area contributed by atoms with E-state index in [1.54, 1.807) is 0 Å². The highest BCUT2D eigenvalue weighted by Gasteiger charge is 2.31. The number of benzene rings is 1. The Bertz CT molecular complexity index is 596. The van der Waals surface area contributed by atoms with Crippen LogP contribution in [-0.2, 0) is 6.54 Å². The van der Waals surface area contributed by atoms with Gasteiger partial charge in [0.1, 0.15) is 5.58 Å². The molecule has 112 valence electrons. The molecule has 1 aliphatic carbocycles. The molecule has 3 heteroatoms. The second-order valence-corrected chi connectivity index (χ2v) is 6.61. The number of fused-ring (bicyclic) bond motifs is 1. The SMILES string of the molecule is c1ccc2c(CN(CC3CCNCC3)C3CC3)coc2c1. The van der Waals surface area contributed by atoms with Crippen molar-refractivity contribution in [3.05, 3.63) is 36.1 Å². The minimum atomic E-state index is 0.813. The summed E-state index contributed by atoms with van der Waals surface area (Å²) in [6, 6.07) is 9.21. The number of hydrogen-bond donors (Lipinski definition) is 1. The van der Waals surface area contributed by atoms with Crippen LogP contribution in [0.5, 0.6) is 0 Å². The van der Waals surface area contributed by atoms with Crippen molar-refractivity contribution in [1.29, 1.82) is 0 Å². The maximum atomic E-state index is 5.70. The summed E-state index contributed by atoms with van der Waals surface area (Å²) in [6.07, 6.45) is 7.37. The molecule has 0 bridgehead atoms. The number of furan rings is 1. The van der Waals surface area contributed by atoms with Crippen molar-refractivity contribution in [3.8, 4) is 0 Å². The molecule has 0 unspecified atom stereocenters. The number of nitrogens with zero attached hydrogens (tertiary/aromatic N) is 1. The Morgan fingerprint density at radius 2 is 1.90 bits per heavy atom. The first kappa shape index (κ1) is 13.4. The van der Waals surface area contributed by atoms with E-state index in [0.717, 1.165) is 24.1 Å². The van der Waals surface area contributed by atoms with Gasteiger partial charge in [0.05, 0.1) is 6.26 Å². The van der Waals surface area contributed by atoms with Crippen LogP contribution in [0, 0.1) is 5.92 Å². The van der Waals surface area contributed by atoms with Crippen LogP contribution in [0.15, 0.2) is 34.9 Å². The normalized spacial score (nSPS) is 20.4. The number of para-hydroxylation sites is 1. The topological polar surface area (TPSA) is 28.4 Å². The molecule has 1 aliphatic heterocycles. The molecule has 2 fully saturated rings. The van der Waals surface area contributed by atoms with Crippen molar-refractivity contribution in [3.63, 3.8) is 0 Å². The summed E-state index contributed by atoms with van der Waals surface area (Å²) in [5.74, 6) is 0.866. The van der Waals surface area contributed by atoms with Crippen LogP contribution in [0.4, 0.5) is 0 Å². The molecule has 2 aromatic rings. The van der Waals surface area contributed by atoms with Crippen molar-refractivity contribution >= 4 is 11.0 Å². The van der Waals surface area contributed by atoms with Gasteiger partial charge in [-0.1, -0.05) is 18.2 Å². The predicted octanol–water partition coefficient (Wildman–Crippen LogP) is 3.40. The van der Waals surface area contributed by atoms with E-state index in [0.29, 0.717) is 0 Å². The lowest BCUT2D eigenvalue weighted by molar-refractivity contribution is 0.190. The molecule has 4 rings (SSSR count). The number of rotatable bonds is 5. The van der Waals surface area contributed by atoms with E-state index in [1.165, 1.54) is 56.3 Å². The average Bonchev–Trinajstić information content (AvgIpc) is 3.30. The summed E-state index contributed by atoms with van der Waals surface area (Å²) in [6.45, 7) is 4.69. The molecule has 0 atom stereocenters. The zero-order valence-electron chi connectivity index (χ0n) is 12.6. The van der Waals surface area contributed by atoms with E-state index in [-0.39, 0.29) is 0 Å². The summed E-state index contributed by atoms with van der Waals surface area (Å²) >= 11 is 0. The molecular formula is C18H24N2O. The Kier molecular flexibility index (Phi) is 3.70. The molecule has 1 N–H and O–H groups in total. The molecule has 1 aromatic heterocycles. The highest BCUT2D eigenvalue weighted by atomic mass is 16.3. The fraction of sp³-hybridized carbons (Fsp3) is 0.556. The van der Waals surface area contributed by atoms with Crippen molar-refractivity contribution in [2.75, 3.05) is 19.6 Å². The van der Waals surface area contributed by atoms with E-state index in [2.05, 4.69) is 28.4 Å². The Hall–Kier alpha value is -1.32. The molecule has 21 heavy (non-hydrogen) atoms. The molecule has 0 spiro atoms. The highest BCUT2D eigenvalue weighted by molar-refractivity contribution is 5.80. The van der Waals surface area contributed by atoms with Crippen molar-refractivity contribution in [2.24, 2.45) is 5.92 Å². The lowest BCUT2D eigenvalue weighted by atomic mass is 9.97. The van der Waals surface area contributed by atoms with Gasteiger partial charge in [0.15, 0.2) is 0 Å². The Morgan fingerprint density at radius 1 is 1.10 bits per heavy atom. The van der Waals surface area contributed by atoms with Crippen LogP contribution in [0.3, 0.4) is 0 Å². The van der Waals surface area contributed by atoms with Crippen LogP contribution < -0.4 is 5.32 Å². The summed E-state index contributed by atoms with van der Waals surface area (Å²) in [5.41, 5.74) is 2.37. The van der Waals surface area contributed by atoms with Gasteiger partial charge in [0.2, 0.25) is 0 Å². The minimum Gasteiger partial charge on any atom is -0.464 e. The molecule has 0 amide bonds. The van der Waals surface area contributed by atoms with Crippen LogP contribution in [-0.4, -0.2) is 30.6 Å². The number of hydrogen-bond acceptors (Lipinski definition) is 3. The van der Waals surface area contributed by atoms with Crippen LogP contribution in [0.1, 0.15) is 31.2 Å². The van der Waals surface area contributed by atoms with E-state index in [9.17, 15) is 0 Å². The number of piperidine rings is 1. The third-order valence-electron chi connectivity index (χ3n) is 4.95. The summed E-state index contributed by atoms with van der Waals surface area (Å²) in [4.78, 5) is 2.70. The lowest BCUT2D eigenvalue weighted by Gasteiger charge is -2.30. The van der Waals surface area contributed by atoms with E-state index < -0.39 is 0 Å². The first-order valence-electron chi connectivity index (χ1n) is 8.30. The molecule has 1 saturated heterocycles. The van der Waals surface area contributed by atoms with Crippen LogP contribution in [0.25, 0.3) is 11.0 Å². The van der Waals surface area contributed by atoms with Gasteiger partial charge < -0.3 is 9.73 Å². The van der Waals surface area contributed by atoms with Gasteiger partial charge in [-0.2, -0.15) is 0 Å². The van der Waals surface area contributed by atoms with E-state index >= 15 is 0 Å². The third-order valence-corrected chi connectivity index (χ3v) is 4.95. The molecular weight excluding hydrogens is 260 g/mol. The van der Waals surface area contributed by atoms with Gasteiger partial charge in [-0.25, -0.2) is 0 Å². The van der Waals surface area contributed by atoms with E-state index in [1.807, 2.05) is 12.3 Å². The lowest BCUT2D eigenvalue weighted by Crippen LogP contribution is -2.36. The Labute approximate surface area is 126 Å². The van der Waals surface area contributed by atoms with Gasteiger partial charge in [-0.05, 0) is 50.8 Å². The predicted molar refractivity (Wildman–Crippen MR) is 85.2 cm³/mol. The van der Waals surface area contributed by atoms with Crippen LogP contribution >= 0.6 is 0 Å². The van der Waals surface area contributed by atoms with Gasteiger partial charge in [-0.15, -0.1) is 0 Å². The van der Waals surface area contributed by atoms with Gasteiger partial charge >= 0.3 is 0 Å². The van der Waals surface area contributed by atoms with Gasteiger partial charge in [-0.3, -0.25) is 4.90 Å². The quantitative estimate of drug-likeness (QED) is 0.912. The third kappa shape index (κ3) is 2.99. The second kappa shape index (κ2) is 5.82. The largest absolute Gasteiger partial charge is 0.464 e. The van der Waals surface area contributed by atoms with Crippen molar-refractivity contribution in [2.45, 2.75) is 38.3 Å². The zero-order chi connectivity index (χ0) is 14.1. The Morgan fingerprint density at radius 3 is 2.71 bits per heavy atom. The van der Waals surface area contributed by atoms with Gasteiger partial charge in [0.25, 0.3) is 0 Å². The molecule has 2 aliphatic rings. The Balaban J connectivity index is 1.49. The standard InChI is InChI=1S/C18H24N2O/c1-2-4-18-17(3-1)15(13-21-18)12-20(16-5-6-16)11-14-7-9-19-10-8-14/h1-4,13-14,16,19H,5-12H2. The second-order valence-electron chi connectivity index (χ2n) is 6.61. The highest BCUT2D eigenvalue weighted by Crippen LogP contribution is 2.32. The maximum Gasteiger partial charge on any atom is 0.134 e. The molecule has 1 saturated carbocycles. The monoisotopic (exact) mass is 284 g/mol. The molecule has 0 radical (unpaired) electrons. The summed E-state index contributed by atoms with van der Waals surface area (Å²) in [7, 11) is 0. The van der Waals surface area contributed by atoms with E-state index in [4.69, 9.17) is 4.42 Å². The maximum absolute atomic E-state index is 5.70. The molecule has 2 heterocycles. The number of nitrogens with one attached hydrogen (secondary N) is 1. The minimum absolute atomic E-state index is 0.813. The fourth-order valence-corrected chi connectivity index (χ4v) is 3.55. The van der Waals surface area contributed by atoms with Crippen molar-refractivity contribution < 1.29 is 4.42 Å². The van der Waals surface area contributed by atoms with Crippen LogP contribution in [0.2, 0.25) is 0 Å². The van der Waals surface area contributed by atoms with Gasteiger partial charge in [0, 0.05) is 30.1 Å². The first-order valence-corrected chi connectivity index (χ1v) is 8.30.